The lowest BCUT2D eigenvalue weighted by atomic mass is 10.2. The Morgan fingerprint density at radius 2 is 2.17 bits per heavy atom. The number of ether oxygens (including phenoxy) is 1. The lowest BCUT2D eigenvalue weighted by molar-refractivity contribution is 0.283. The number of aliphatic hydroxyl groups is 1. The first-order chi connectivity index (χ1) is 8.77. The van der Waals surface area contributed by atoms with E-state index in [4.69, 9.17) is 9.84 Å². The zero-order chi connectivity index (χ0) is 13.2. The summed E-state index contributed by atoms with van der Waals surface area (Å²) in [5.74, 6) is 0.904. The zero-order valence-corrected chi connectivity index (χ0v) is 12.5. The van der Waals surface area contributed by atoms with E-state index >= 15 is 0 Å². The number of hydrogen-bond acceptors (Lipinski definition) is 3. The molecule has 0 unspecified atom stereocenters. The Labute approximate surface area is 118 Å². The number of benzene rings is 1. The second-order valence-electron chi connectivity index (χ2n) is 4.22. The summed E-state index contributed by atoms with van der Waals surface area (Å²) in [6.07, 6.45) is 2.89. The molecule has 18 heavy (non-hydrogen) atoms. The van der Waals surface area contributed by atoms with Crippen LogP contribution in [0, 0.1) is 0 Å². The van der Waals surface area contributed by atoms with Crippen molar-refractivity contribution in [2.24, 2.45) is 0 Å². The molecular formula is C14H22BrNO2. The lowest BCUT2D eigenvalue weighted by Crippen LogP contribution is -2.15. The van der Waals surface area contributed by atoms with E-state index in [1.54, 1.807) is 0 Å². The monoisotopic (exact) mass is 315 g/mol. The molecule has 0 radical (unpaired) electrons. The van der Waals surface area contributed by atoms with E-state index in [0.717, 1.165) is 49.2 Å². The van der Waals surface area contributed by atoms with Crippen molar-refractivity contribution in [2.75, 3.05) is 19.8 Å². The van der Waals surface area contributed by atoms with Crippen LogP contribution < -0.4 is 10.1 Å². The quantitative estimate of drug-likeness (QED) is 0.688. The van der Waals surface area contributed by atoms with Crippen molar-refractivity contribution in [1.82, 2.24) is 5.32 Å². The third-order valence-electron chi connectivity index (χ3n) is 2.55. The summed E-state index contributed by atoms with van der Waals surface area (Å²) in [4.78, 5) is 0. The third kappa shape index (κ3) is 5.85. The number of nitrogens with one attached hydrogen (secondary N) is 1. The van der Waals surface area contributed by atoms with Gasteiger partial charge in [-0.2, -0.15) is 0 Å². The van der Waals surface area contributed by atoms with Gasteiger partial charge in [0, 0.05) is 13.2 Å². The van der Waals surface area contributed by atoms with Crippen LogP contribution in [0.15, 0.2) is 22.7 Å². The van der Waals surface area contributed by atoms with Crippen LogP contribution in [0.4, 0.5) is 0 Å². The molecule has 1 aromatic rings. The van der Waals surface area contributed by atoms with Crippen LogP contribution in [0.5, 0.6) is 5.75 Å². The number of unbranched alkanes of at least 4 members (excludes halogenated alkanes) is 1. The smallest absolute Gasteiger partial charge is 0.133 e. The highest BCUT2D eigenvalue weighted by atomic mass is 79.9. The summed E-state index contributed by atoms with van der Waals surface area (Å²) in [5.41, 5.74) is 1.23. The molecule has 4 heteroatoms. The summed E-state index contributed by atoms with van der Waals surface area (Å²) >= 11 is 3.53. The molecule has 0 atom stereocenters. The van der Waals surface area contributed by atoms with Crippen molar-refractivity contribution < 1.29 is 9.84 Å². The first-order valence-corrected chi connectivity index (χ1v) is 7.30. The van der Waals surface area contributed by atoms with E-state index in [2.05, 4.69) is 40.3 Å². The molecular weight excluding hydrogens is 294 g/mol. The van der Waals surface area contributed by atoms with E-state index in [0.29, 0.717) is 0 Å². The van der Waals surface area contributed by atoms with Crippen LogP contribution in [-0.4, -0.2) is 24.9 Å². The SMILES string of the molecule is CCCOc1ccc(CNCCCCO)cc1Br. The molecule has 3 nitrogen and oxygen atoms in total. The van der Waals surface area contributed by atoms with Crippen LogP contribution >= 0.6 is 15.9 Å². The minimum absolute atomic E-state index is 0.274. The maximum absolute atomic E-state index is 8.67. The van der Waals surface area contributed by atoms with E-state index < -0.39 is 0 Å². The molecule has 102 valence electrons. The molecule has 0 spiro atoms. The summed E-state index contributed by atoms with van der Waals surface area (Å²) in [7, 11) is 0. The van der Waals surface area contributed by atoms with Gasteiger partial charge < -0.3 is 15.2 Å². The van der Waals surface area contributed by atoms with Gasteiger partial charge in [-0.3, -0.25) is 0 Å². The van der Waals surface area contributed by atoms with Crippen molar-refractivity contribution in [3.8, 4) is 5.75 Å². The Morgan fingerprint density at radius 1 is 1.33 bits per heavy atom. The van der Waals surface area contributed by atoms with Gasteiger partial charge >= 0.3 is 0 Å². The third-order valence-corrected chi connectivity index (χ3v) is 3.17. The highest BCUT2D eigenvalue weighted by Gasteiger charge is 2.02. The Hall–Kier alpha value is -0.580. The molecule has 0 heterocycles. The number of hydrogen-bond donors (Lipinski definition) is 2. The summed E-state index contributed by atoms with van der Waals surface area (Å²) < 4.78 is 6.61. The first kappa shape index (κ1) is 15.5. The van der Waals surface area contributed by atoms with Crippen LogP contribution in [0.25, 0.3) is 0 Å². The van der Waals surface area contributed by atoms with Crippen molar-refractivity contribution >= 4 is 15.9 Å². The summed E-state index contributed by atoms with van der Waals surface area (Å²) in [6, 6.07) is 6.17. The molecule has 0 saturated carbocycles. The lowest BCUT2D eigenvalue weighted by Gasteiger charge is -2.09. The number of aliphatic hydroxyl groups excluding tert-OH is 1. The van der Waals surface area contributed by atoms with Gasteiger partial charge in [0.15, 0.2) is 0 Å². The minimum Gasteiger partial charge on any atom is -0.492 e. The van der Waals surface area contributed by atoms with Gasteiger partial charge in [-0.05, 0) is 59.4 Å². The molecule has 0 aliphatic carbocycles. The molecule has 0 saturated heterocycles. The van der Waals surface area contributed by atoms with Crippen molar-refractivity contribution in [3.63, 3.8) is 0 Å². The van der Waals surface area contributed by atoms with E-state index in [1.165, 1.54) is 5.56 Å². The van der Waals surface area contributed by atoms with Gasteiger partial charge in [0.2, 0.25) is 0 Å². The highest BCUT2D eigenvalue weighted by molar-refractivity contribution is 9.10. The van der Waals surface area contributed by atoms with Crippen LogP contribution in [0.3, 0.4) is 0 Å². The normalized spacial score (nSPS) is 10.6. The number of halogens is 1. The Bertz CT molecular complexity index is 345. The molecule has 1 rings (SSSR count). The standard InChI is InChI=1S/C14H22BrNO2/c1-2-9-18-14-6-5-12(10-13(14)15)11-16-7-3-4-8-17/h5-6,10,16-17H,2-4,7-9,11H2,1H3. The zero-order valence-electron chi connectivity index (χ0n) is 10.9. The second kappa shape index (κ2) is 9.36. The fraction of sp³-hybridized carbons (Fsp3) is 0.571. The molecule has 0 aromatic heterocycles. The van der Waals surface area contributed by atoms with Gasteiger partial charge in [-0.25, -0.2) is 0 Å². The molecule has 0 fully saturated rings. The maximum Gasteiger partial charge on any atom is 0.133 e. The van der Waals surface area contributed by atoms with E-state index in [1.807, 2.05) is 6.07 Å². The van der Waals surface area contributed by atoms with Crippen LogP contribution in [0.2, 0.25) is 0 Å². The summed E-state index contributed by atoms with van der Waals surface area (Å²) in [5, 5.41) is 12.0. The highest BCUT2D eigenvalue weighted by Crippen LogP contribution is 2.26. The average molecular weight is 316 g/mol. The van der Waals surface area contributed by atoms with Crippen molar-refractivity contribution in [2.45, 2.75) is 32.7 Å². The largest absolute Gasteiger partial charge is 0.492 e. The topological polar surface area (TPSA) is 41.5 Å². The predicted octanol–water partition coefficient (Wildman–Crippen LogP) is 3.10. The second-order valence-corrected chi connectivity index (χ2v) is 5.08. The van der Waals surface area contributed by atoms with Gasteiger partial charge in [0.05, 0.1) is 11.1 Å². The maximum atomic E-state index is 8.67. The van der Waals surface area contributed by atoms with Gasteiger partial charge in [0.25, 0.3) is 0 Å². The van der Waals surface area contributed by atoms with Crippen LogP contribution in [-0.2, 0) is 6.54 Å². The average Bonchev–Trinajstić information content (AvgIpc) is 2.37. The first-order valence-electron chi connectivity index (χ1n) is 6.50. The van der Waals surface area contributed by atoms with Crippen LogP contribution in [0.1, 0.15) is 31.7 Å². The molecule has 2 N–H and O–H groups in total. The van der Waals surface area contributed by atoms with E-state index in [9.17, 15) is 0 Å². The number of rotatable bonds is 9. The minimum atomic E-state index is 0.274. The molecule has 0 amide bonds. The molecule has 0 bridgehead atoms. The molecule has 1 aromatic carbocycles. The Kier molecular flexibility index (Phi) is 8.05. The Balaban J connectivity index is 2.36. The fourth-order valence-corrected chi connectivity index (χ4v) is 2.12. The fourth-order valence-electron chi connectivity index (χ4n) is 1.58. The molecule has 0 aliphatic heterocycles. The van der Waals surface area contributed by atoms with Gasteiger partial charge in [0.1, 0.15) is 5.75 Å². The van der Waals surface area contributed by atoms with Gasteiger partial charge in [-0.15, -0.1) is 0 Å². The Morgan fingerprint density at radius 3 is 2.83 bits per heavy atom. The van der Waals surface area contributed by atoms with Crippen molar-refractivity contribution in [3.05, 3.63) is 28.2 Å². The predicted molar refractivity (Wildman–Crippen MR) is 78.0 cm³/mol. The van der Waals surface area contributed by atoms with Gasteiger partial charge in [-0.1, -0.05) is 13.0 Å². The molecule has 0 aliphatic rings. The van der Waals surface area contributed by atoms with E-state index in [-0.39, 0.29) is 6.61 Å². The van der Waals surface area contributed by atoms with Crippen molar-refractivity contribution in [1.29, 1.82) is 0 Å². The summed E-state index contributed by atoms with van der Waals surface area (Å²) in [6.45, 7) is 4.90.